The van der Waals surface area contributed by atoms with E-state index >= 15 is 0 Å². The van der Waals surface area contributed by atoms with Crippen LogP contribution >= 0.6 is 23.2 Å². The van der Waals surface area contributed by atoms with Crippen molar-refractivity contribution in [3.63, 3.8) is 0 Å². The van der Waals surface area contributed by atoms with Crippen molar-refractivity contribution in [2.45, 2.75) is 26.3 Å². The third-order valence-corrected chi connectivity index (χ3v) is 3.74. The van der Waals surface area contributed by atoms with Gasteiger partial charge in [-0.15, -0.1) is 0 Å². The monoisotopic (exact) mass is 351 g/mol. The van der Waals surface area contributed by atoms with E-state index in [1.165, 1.54) is 0 Å². The molecule has 0 saturated heterocycles. The second-order valence-corrected chi connectivity index (χ2v) is 6.35. The van der Waals surface area contributed by atoms with Crippen molar-refractivity contribution in [1.29, 1.82) is 0 Å². The van der Waals surface area contributed by atoms with Gasteiger partial charge >= 0.3 is 0 Å². The normalized spacial score (nSPS) is 10.7. The largest absolute Gasteiger partial charge is 0.382 e. The molecule has 4 nitrogen and oxygen atoms in total. The Morgan fingerprint density at radius 2 is 2.00 bits per heavy atom. The molecule has 0 unspecified atom stereocenters. The van der Waals surface area contributed by atoms with Gasteiger partial charge in [0.15, 0.2) is 0 Å². The summed E-state index contributed by atoms with van der Waals surface area (Å²) in [5.41, 5.74) is 2.30. The van der Waals surface area contributed by atoms with E-state index in [1.807, 2.05) is 19.9 Å². The van der Waals surface area contributed by atoms with Crippen molar-refractivity contribution < 1.29 is 4.79 Å². The zero-order valence-corrected chi connectivity index (χ0v) is 14.6. The Hall–Kier alpha value is -1.78. The number of hydrogen-bond donors (Lipinski definition) is 2. The molecule has 2 N–H and O–H groups in total. The van der Waals surface area contributed by atoms with Crippen LogP contribution in [0.2, 0.25) is 10.0 Å². The average Bonchev–Trinajstić information content (AvgIpc) is 2.49. The fourth-order valence-electron chi connectivity index (χ4n) is 2.11. The van der Waals surface area contributed by atoms with Gasteiger partial charge in [-0.25, -0.2) is 0 Å². The van der Waals surface area contributed by atoms with Crippen molar-refractivity contribution in [2.75, 3.05) is 11.9 Å². The molecular weight excluding hydrogens is 333 g/mol. The molecular formula is C17H19Cl2N3O. The number of benzene rings is 1. The van der Waals surface area contributed by atoms with Crippen LogP contribution in [0, 0.1) is 0 Å². The SMILES string of the molecule is CC(C)Nc1cncc(C(=O)NCCc2ccc(Cl)cc2Cl)c1. The molecule has 1 amide bonds. The van der Waals surface area contributed by atoms with Crippen molar-refractivity contribution >= 4 is 34.8 Å². The van der Waals surface area contributed by atoms with E-state index in [0.29, 0.717) is 28.6 Å². The third-order valence-electron chi connectivity index (χ3n) is 3.15. The number of anilines is 1. The zero-order valence-electron chi connectivity index (χ0n) is 13.1. The van der Waals surface area contributed by atoms with Crippen LogP contribution < -0.4 is 10.6 Å². The molecule has 0 atom stereocenters. The van der Waals surface area contributed by atoms with Gasteiger partial charge in [0.1, 0.15) is 0 Å². The smallest absolute Gasteiger partial charge is 0.252 e. The first kappa shape index (κ1) is 17.6. The molecule has 0 aliphatic rings. The van der Waals surface area contributed by atoms with Gasteiger partial charge < -0.3 is 10.6 Å². The highest BCUT2D eigenvalue weighted by atomic mass is 35.5. The fourth-order valence-corrected chi connectivity index (χ4v) is 2.62. The van der Waals surface area contributed by atoms with E-state index in [2.05, 4.69) is 15.6 Å². The minimum atomic E-state index is -0.157. The first-order valence-corrected chi connectivity index (χ1v) is 8.15. The second kappa shape index (κ2) is 8.18. The topological polar surface area (TPSA) is 54.0 Å². The number of carbonyl (C=O) groups is 1. The Labute approximate surface area is 146 Å². The van der Waals surface area contributed by atoms with Crippen LogP contribution in [0.25, 0.3) is 0 Å². The van der Waals surface area contributed by atoms with Gasteiger partial charge in [0.2, 0.25) is 0 Å². The highest BCUT2D eigenvalue weighted by Gasteiger charge is 2.08. The van der Waals surface area contributed by atoms with Gasteiger partial charge in [-0.1, -0.05) is 29.3 Å². The predicted octanol–water partition coefficient (Wildman–Crippen LogP) is 4.18. The minimum Gasteiger partial charge on any atom is -0.382 e. The number of nitrogens with zero attached hydrogens (tertiary/aromatic N) is 1. The molecule has 0 aliphatic carbocycles. The molecule has 1 aromatic heterocycles. The lowest BCUT2D eigenvalue weighted by molar-refractivity contribution is 0.0954. The summed E-state index contributed by atoms with van der Waals surface area (Å²) in [5, 5.41) is 7.30. The maximum Gasteiger partial charge on any atom is 0.252 e. The van der Waals surface area contributed by atoms with Gasteiger partial charge in [0.25, 0.3) is 5.91 Å². The molecule has 0 bridgehead atoms. The van der Waals surface area contributed by atoms with Gasteiger partial charge in [0.05, 0.1) is 11.3 Å². The number of nitrogens with one attached hydrogen (secondary N) is 2. The molecule has 2 rings (SSSR count). The molecule has 6 heteroatoms. The first-order chi connectivity index (χ1) is 11.0. The molecule has 1 heterocycles. The first-order valence-electron chi connectivity index (χ1n) is 7.39. The summed E-state index contributed by atoms with van der Waals surface area (Å²) in [6.45, 7) is 4.55. The van der Waals surface area contributed by atoms with Crippen LogP contribution in [-0.4, -0.2) is 23.5 Å². The fraction of sp³-hybridized carbons (Fsp3) is 0.294. The van der Waals surface area contributed by atoms with Crippen LogP contribution in [0.5, 0.6) is 0 Å². The molecule has 0 radical (unpaired) electrons. The van der Waals surface area contributed by atoms with Gasteiger partial charge in [0, 0.05) is 35.0 Å². The summed E-state index contributed by atoms with van der Waals surface area (Å²) in [4.78, 5) is 16.3. The lowest BCUT2D eigenvalue weighted by Gasteiger charge is -2.11. The molecule has 0 saturated carbocycles. The Balaban J connectivity index is 1.92. The maximum atomic E-state index is 12.2. The summed E-state index contributed by atoms with van der Waals surface area (Å²) in [5.74, 6) is -0.157. The lowest BCUT2D eigenvalue weighted by atomic mass is 10.1. The third kappa shape index (κ3) is 5.41. The number of halogens is 2. The molecule has 2 aromatic rings. The summed E-state index contributed by atoms with van der Waals surface area (Å²) in [7, 11) is 0. The highest BCUT2D eigenvalue weighted by Crippen LogP contribution is 2.21. The zero-order chi connectivity index (χ0) is 16.8. The van der Waals surface area contributed by atoms with Gasteiger partial charge in [-0.05, 0) is 44.0 Å². The van der Waals surface area contributed by atoms with Crippen molar-refractivity contribution in [3.05, 3.63) is 57.8 Å². The lowest BCUT2D eigenvalue weighted by Crippen LogP contribution is -2.26. The minimum absolute atomic E-state index is 0.157. The Kier molecular flexibility index (Phi) is 6.25. The van der Waals surface area contributed by atoms with Crippen molar-refractivity contribution in [2.24, 2.45) is 0 Å². The Morgan fingerprint density at radius 1 is 1.22 bits per heavy atom. The van der Waals surface area contributed by atoms with Gasteiger partial charge in [-0.2, -0.15) is 0 Å². The average molecular weight is 352 g/mol. The van der Waals surface area contributed by atoms with Crippen LogP contribution in [-0.2, 0) is 6.42 Å². The van der Waals surface area contributed by atoms with E-state index < -0.39 is 0 Å². The van der Waals surface area contributed by atoms with E-state index in [9.17, 15) is 4.79 Å². The summed E-state index contributed by atoms with van der Waals surface area (Å²) in [6, 6.07) is 7.42. The summed E-state index contributed by atoms with van der Waals surface area (Å²) >= 11 is 12.0. The van der Waals surface area contributed by atoms with E-state index in [4.69, 9.17) is 23.2 Å². The molecule has 0 aliphatic heterocycles. The van der Waals surface area contributed by atoms with Crippen molar-refractivity contribution in [3.8, 4) is 0 Å². The molecule has 122 valence electrons. The number of rotatable bonds is 6. The number of amides is 1. The maximum absolute atomic E-state index is 12.2. The molecule has 23 heavy (non-hydrogen) atoms. The molecule has 0 fully saturated rings. The van der Waals surface area contributed by atoms with Crippen LogP contribution in [0.3, 0.4) is 0 Å². The van der Waals surface area contributed by atoms with Crippen LogP contribution in [0.15, 0.2) is 36.7 Å². The van der Waals surface area contributed by atoms with E-state index in [1.54, 1.807) is 30.6 Å². The highest BCUT2D eigenvalue weighted by molar-refractivity contribution is 6.35. The quantitative estimate of drug-likeness (QED) is 0.820. The molecule has 1 aromatic carbocycles. The number of hydrogen-bond acceptors (Lipinski definition) is 3. The Bertz CT molecular complexity index is 689. The predicted molar refractivity (Wildman–Crippen MR) is 95.5 cm³/mol. The summed E-state index contributed by atoms with van der Waals surface area (Å²) in [6.07, 6.45) is 3.89. The number of aromatic nitrogens is 1. The standard InChI is InChI=1S/C17H19Cl2N3O/c1-11(2)22-15-7-13(9-20-10-15)17(23)21-6-5-12-3-4-14(18)8-16(12)19/h3-4,7-11,22H,5-6H2,1-2H3,(H,21,23). The van der Waals surface area contributed by atoms with Gasteiger partial charge in [-0.3, -0.25) is 9.78 Å². The summed E-state index contributed by atoms with van der Waals surface area (Å²) < 4.78 is 0. The second-order valence-electron chi connectivity index (χ2n) is 5.50. The number of carbonyl (C=O) groups excluding carboxylic acids is 1. The van der Waals surface area contributed by atoms with E-state index in [0.717, 1.165) is 11.3 Å². The Morgan fingerprint density at radius 3 is 2.70 bits per heavy atom. The van der Waals surface area contributed by atoms with Crippen molar-refractivity contribution in [1.82, 2.24) is 10.3 Å². The van der Waals surface area contributed by atoms with Crippen LogP contribution in [0.1, 0.15) is 29.8 Å². The van der Waals surface area contributed by atoms with Crippen LogP contribution in [0.4, 0.5) is 5.69 Å². The van der Waals surface area contributed by atoms with E-state index in [-0.39, 0.29) is 11.9 Å². The molecule has 0 spiro atoms. The number of pyridine rings is 1.